The normalized spacial score (nSPS) is 22.1. The number of hydrogen-bond donors (Lipinski definition) is 1. The summed E-state index contributed by atoms with van der Waals surface area (Å²) < 4.78 is 24.6. The lowest BCUT2D eigenvalue weighted by Gasteiger charge is -2.26. The van der Waals surface area contributed by atoms with Gasteiger partial charge in [-0.25, -0.2) is 4.39 Å². The molecule has 0 bridgehead atoms. The van der Waals surface area contributed by atoms with Crippen LogP contribution in [0.3, 0.4) is 0 Å². The van der Waals surface area contributed by atoms with Crippen LogP contribution in [0.15, 0.2) is 42.5 Å². The van der Waals surface area contributed by atoms with Crippen LogP contribution in [0.5, 0.6) is 11.5 Å². The summed E-state index contributed by atoms with van der Waals surface area (Å²) >= 11 is 0. The maximum absolute atomic E-state index is 13.6. The second-order valence-electron chi connectivity index (χ2n) is 6.28. The van der Waals surface area contributed by atoms with Gasteiger partial charge in [0, 0.05) is 12.1 Å². The molecule has 2 aromatic carbocycles. The summed E-state index contributed by atoms with van der Waals surface area (Å²) in [5, 5.41) is 10.1. The average Bonchev–Trinajstić information content (AvgIpc) is 3.02. The number of nitrogens with zero attached hydrogens (tertiary/aromatic N) is 1. The fourth-order valence-corrected chi connectivity index (χ4v) is 3.41. The molecule has 0 saturated carbocycles. The summed E-state index contributed by atoms with van der Waals surface area (Å²) in [4.78, 5) is 14.6. The molecule has 1 saturated heterocycles. The van der Waals surface area contributed by atoms with Gasteiger partial charge in [-0.15, -0.1) is 0 Å². The molecule has 4 rings (SSSR count). The average molecular weight is 343 g/mol. The fourth-order valence-electron chi connectivity index (χ4n) is 3.41. The molecule has 6 heteroatoms. The van der Waals surface area contributed by atoms with Crippen molar-refractivity contribution in [3.63, 3.8) is 0 Å². The molecule has 0 spiro atoms. The Balaban J connectivity index is 1.63. The topological polar surface area (TPSA) is 59.0 Å². The van der Waals surface area contributed by atoms with Gasteiger partial charge in [-0.1, -0.05) is 12.1 Å². The minimum atomic E-state index is -0.630. The third kappa shape index (κ3) is 3.05. The van der Waals surface area contributed by atoms with Gasteiger partial charge in [0.2, 0.25) is 0 Å². The molecule has 2 aliphatic heterocycles. The SMILES string of the molecule is O=C(c1ccc2c(c1)OCCO2)N1C[C@@H](O)C[C@H]1c1cccc(F)c1. The van der Waals surface area contributed by atoms with Crippen LogP contribution < -0.4 is 9.47 Å². The number of benzene rings is 2. The van der Waals surface area contributed by atoms with Crippen molar-refractivity contribution in [3.8, 4) is 11.5 Å². The Bertz CT molecular complexity index is 810. The smallest absolute Gasteiger partial charge is 0.254 e. The Morgan fingerprint density at radius 1 is 1.12 bits per heavy atom. The molecule has 2 aromatic rings. The number of likely N-dealkylation sites (tertiary alicyclic amines) is 1. The summed E-state index contributed by atoms with van der Waals surface area (Å²) in [5.41, 5.74) is 1.14. The van der Waals surface area contributed by atoms with Crippen LogP contribution in [-0.4, -0.2) is 41.8 Å². The number of halogens is 1. The number of carbonyl (C=O) groups is 1. The molecule has 25 heavy (non-hydrogen) atoms. The quantitative estimate of drug-likeness (QED) is 0.910. The summed E-state index contributed by atoms with van der Waals surface area (Å²) in [6.07, 6.45) is -0.242. The summed E-state index contributed by atoms with van der Waals surface area (Å²) in [6.45, 7) is 1.15. The maximum Gasteiger partial charge on any atom is 0.254 e. The van der Waals surface area contributed by atoms with Gasteiger partial charge in [-0.05, 0) is 42.3 Å². The molecule has 0 aromatic heterocycles. The highest BCUT2D eigenvalue weighted by molar-refractivity contribution is 5.95. The second-order valence-corrected chi connectivity index (χ2v) is 6.28. The first-order valence-electron chi connectivity index (χ1n) is 8.26. The number of fused-ring (bicyclic) bond motifs is 1. The molecule has 130 valence electrons. The van der Waals surface area contributed by atoms with Crippen molar-refractivity contribution in [2.24, 2.45) is 0 Å². The molecular weight excluding hydrogens is 325 g/mol. The van der Waals surface area contributed by atoms with Gasteiger partial charge >= 0.3 is 0 Å². The zero-order chi connectivity index (χ0) is 17.4. The molecule has 5 nitrogen and oxygen atoms in total. The first-order chi connectivity index (χ1) is 12.1. The van der Waals surface area contributed by atoms with Crippen LogP contribution in [-0.2, 0) is 0 Å². The zero-order valence-electron chi connectivity index (χ0n) is 13.5. The Morgan fingerprint density at radius 2 is 1.92 bits per heavy atom. The van der Waals surface area contributed by atoms with Crippen LogP contribution in [0.4, 0.5) is 4.39 Å². The molecular formula is C19H18FNO4. The highest BCUT2D eigenvalue weighted by Gasteiger charge is 2.36. The fraction of sp³-hybridized carbons (Fsp3) is 0.316. The van der Waals surface area contributed by atoms with E-state index in [1.54, 1.807) is 35.2 Å². The van der Waals surface area contributed by atoms with Crippen LogP contribution in [0.1, 0.15) is 28.4 Å². The first-order valence-corrected chi connectivity index (χ1v) is 8.26. The molecule has 1 amide bonds. The Hall–Kier alpha value is -2.60. The van der Waals surface area contributed by atoms with E-state index in [9.17, 15) is 14.3 Å². The van der Waals surface area contributed by atoms with Gasteiger partial charge in [0.25, 0.3) is 5.91 Å². The lowest BCUT2D eigenvalue weighted by atomic mass is 10.0. The Labute approximate surface area is 144 Å². The summed E-state index contributed by atoms with van der Waals surface area (Å²) in [7, 11) is 0. The van der Waals surface area contributed by atoms with Gasteiger partial charge in [-0.2, -0.15) is 0 Å². The number of ether oxygens (including phenoxy) is 2. The van der Waals surface area contributed by atoms with Crippen LogP contribution in [0, 0.1) is 5.82 Å². The van der Waals surface area contributed by atoms with Crippen molar-refractivity contribution in [1.82, 2.24) is 4.90 Å². The lowest BCUT2D eigenvalue weighted by Crippen LogP contribution is -2.32. The lowest BCUT2D eigenvalue weighted by molar-refractivity contribution is 0.0714. The molecule has 1 N–H and O–H groups in total. The van der Waals surface area contributed by atoms with Crippen LogP contribution in [0.25, 0.3) is 0 Å². The highest BCUT2D eigenvalue weighted by atomic mass is 19.1. The van der Waals surface area contributed by atoms with Crippen molar-refractivity contribution in [3.05, 3.63) is 59.4 Å². The van der Waals surface area contributed by atoms with Crippen molar-refractivity contribution in [2.75, 3.05) is 19.8 Å². The minimum absolute atomic E-state index is 0.217. The Morgan fingerprint density at radius 3 is 2.72 bits per heavy atom. The maximum atomic E-state index is 13.6. The van der Waals surface area contributed by atoms with E-state index in [2.05, 4.69) is 0 Å². The molecule has 0 aliphatic carbocycles. The van der Waals surface area contributed by atoms with Crippen molar-refractivity contribution >= 4 is 5.91 Å². The molecule has 2 aliphatic rings. The van der Waals surface area contributed by atoms with E-state index in [-0.39, 0.29) is 24.3 Å². The number of hydrogen-bond acceptors (Lipinski definition) is 4. The van der Waals surface area contributed by atoms with Crippen LogP contribution in [0.2, 0.25) is 0 Å². The van der Waals surface area contributed by atoms with Crippen molar-refractivity contribution in [2.45, 2.75) is 18.6 Å². The number of rotatable bonds is 2. The molecule has 1 fully saturated rings. The van der Waals surface area contributed by atoms with Gasteiger partial charge in [0.05, 0.1) is 12.1 Å². The summed E-state index contributed by atoms with van der Waals surface area (Å²) in [5.74, 6) is 0.582. The third-order valence-electron chi connectivity index (χ3n) is 4.56. The predicted octanol–water partition coefficient (Wildman–Crippen LogP) is 2.55. The van der Waals surface area contributed by atoms with Gasteiger partial charge in [0.1, 0.15) is 19.0 Å². The predicted molar refractivity (Wildman–Crippen MR) is 88.2 cm³/mol. The van der Waals surface area contributed by atoms with E-state index in [0.717, 1.165) is 0 Å². The summed E-state index contributed by atoms with van der Waals surface area (Å²) in [6, 6.07) is 10.9. The third-order valence-corrected chi connectivity index (χ3v) is 4.56. The monoisotopic (exact) mass is 343 g/mol. The van der Waals surface area contributed by atoms with Crippen molar-refractivity contribution < 1.29 is 23.8 Å². The van der Waals surface area contributed by atoms with E-state index in [1.165, 1.54) is 12.1 Å². The van der Waals surface area contributed by atoms with Crippen LogP contribution >= 0.6 is 0 Å². The van der Waals surface area contributed by atoms with E-state index in [1.807, 2.05) is 0 Å². The molecule has 2 heterocycles. The minimum Gasteiger partial charge on any atom is -0.486 e. The number of amides is 1. The highest BCUT2D eigenvalue weighted by Crippen LogP contribution is 2.36. The standard InChI is InChI=1S/C19H18FNO4/c20-14-3-1-2-12(8-14)16-10-15(22)11-21(16)19(23)13-4-5-17-18(9-13)25-7-6-24-17/h1-5,8-9,15-16,22H,6-7,10-11H2/t15-,16-/m0/s1. The molecule has 0 radical (unpaired) electrons. The first kappa shape index (κ1) is 15.9. The number of aliphatic hydroxyl groups is 1. The van der Waals surface area contributed by atoms with E-state index < -0.39 is 6.10 Å². The molecule has 0 unspecified atom stereocenters. The zero-order valence-corrected chi connectivity index (χ0v) is 13.5. The van der Waals surface area contributed by atoms with Gasteiger partial charge in [-0.3, -0.25) is 4.79 Å². The number of β-amino-alcohol motifs (C(OH)–C–C–N with tert-alkyl or cyclic N) is 1. The second kappa shape index (κ2) is 6.37. The van der Waals surface area contributed by atoms with E-state index >= 15 is 0 Å². The van der Waals surface area contributed by atoms with E-state index in [0.29, 0.717) is 42.3 Å². The van der Waals surface area contributed by atoms with Gasteiger partial charge in [0.15, 0.2) is 11.5 Å². The Kier molecular flexibility index (Phi) is 4.05. The number of carbonyl (C=O) groups excluding carboxylic acids is 1. The largest absolute Gasteiger partial charge is 0.486 e. The van der Waals surface area contributed by atoms with E-state index in [4.69, 9.17) is 9.47 Å². The van der Waals surface area contributed by atoms with Gasteiger partial charge < -0.3 is 19.5 Å². The molecule has 2 atom stereocenters. The number of aliphatic hydroxyl groups excluding tert-OH is 1. The van der Waals surface area contributed by atoms with Crippen molar-refractivity contribution in [1.29, 1.82) is 0 Å².